The summed E-state index contributed by atoms with van der Waals surface area (Å²) in [6.07, 6.45) is 3.09. The lowest BCUT2D eigenvalue weighted by Gasteiger charge is -2.26. The molecule has 1 amide bonds. The van der Waals surface area contributed by atoms with E-state index in [0.29, 0.717) is 5.56 Å². The van der Waals surface area contributed by atoms with E-state index in [2.05, 4.69) is 4.98 Å². The van der Waals surface area contributed by atoms with Crippen molar-refractivity contribution in [2.24, 2.45) is 0 Å². The van der Waals surface area contributed by atoms with Crippen LogP contribution in [-0.4, -0.2) is 48.8 Å². The molecule has 1 aromatic rings. The van der Waals surface area contributed by atoms with Gasteiger partial charge in [-0.3, -0.25) is 9.78 Å². The minimum absolute atomic E-state index is 0.0546. The van der Waals surface area contributed by atoms with Crippen molar-refractivity contribution in [1.29, 1.82) is 0 Å². The third kappa shape index (κ3) is 2.38. The standard InChI is InChI=1S/C10H12N2O3S/c13-10(9-2-1-3-11-8-9)12-4-6-16(14,15)7-5-12/h1-3,8H,4-7H2. The van der Waals surface area contributed by atoms with E-state index in [4.69, 9.17) is 0 Å². The second-order valence-corrected chi connectivity index (χ2v) is 5.99. The van der Waals surface area contributed by atoms with Crippen LogP contribution in [0.1, 0.15) is 10.4 Å². The first-order chi connectivity index (χ1) is 7.58. The Bertz CT molecular complexity index is 470. The van der Waals surface area contributed by atoms with Crippen LogP contribution in [-0.2, 0) is 9.84 Å². The van der Waals surface area contributed by atoms with Crippen molar-refractivity contribution in [3.63, 3.8) is 0 Å². The van der Waals surface area contributed by atoms with Crippen LogP contribution in [0.5, 0.6) is 0 Å². The number of pyridine rings is 1. The van der Waals surface area contributed by atoms with Crippen LogP contribution < -0.4 is 0 Å². The Morgan fingerprint density at radius 1 is 1.31 bits per heavy atom. The first-order valence-corrected chi connectivity index (χ1v) is 6.80. The molecule has 1 saturated heterocycles. The van der Waals surface area contributed by atoms with E-state index in [9.17, 15) is 13.2 Å². The highest BCUT2D eigenvalue weighted by molar-refractivity contribution is 7.91. The van der Waals surface area contributed by atoms with E-state index < -0.39 is 9.84 Å². The topological polar surface area (TPSA) is 67.3 Å². The number of aromatic nitrogens is 1. The summed E-state index contributed by atoms with van der Waals surface area (Å²) in [6.45, 7) is 0.548. The molecule has 1 fully saturated rings. The van der Waals surface area contributed by atoms with Crippen molar-refractivity contribution < 1.29 is 13.2 Å². The highest BCUT2D eigenvalue weighted by atomic mass is 32.2. The molecule has 0 spiro atoms. The van der Waals surface area contributed by atoms with Crippen LogP contribution in [0.25, 0.3) is 0 Å². The van der Waals surface area contributed by atoms with Gasteiger partial charge in [-0.05, 0) is 12.1 Å². The Kier molecular flexibility index (Phi) is 2.91. The number of carbonyl (C=O) groups excluding carboxylic acids is 1. The zero-order chi connectivity index (χ0) is 11.6. The molecule has 5 nitrogen and oxygen atoms in total. The van der Waals surface area contributed by atoms with Crippen molar-refractivity contribution in [3.05, 3.63) is 30.1 Å². The molecule has 1 aromatic heterocycles. The molecule has 0 atom stereocenters. The minimum Gasteiger partial charge on any atom is -0.337 e. The summed E-state index contributed by atoms with van der Waals surface area (Å²) in [5.74, 6) is -0.0409. The summed E-state index contributed by atoms with van der Waals surface area (Å²) in [4.78, 5) is 17.3. The zero-order valence-corrected chi connectivity index (χ0v) is 9.48. The Morgan fingerprint density at radius 2 is 2.00 bits per heavy atom. The molecule has 86 valence electrons. The molecular formula is C10H12N2O3S. The molecule has 0 unspecified atom stereocenters. The van der Waals surface area contributed by atoms with Gasteiger partial charge in [0.2, 0.25) is 0 Å². The Hall–Kier alpha value is -1.43. The van der Waals surface area contributed by atoms with Crippen LogP contribution in [0, 0.1) is 0 Å². The third-order valence-electron chi connectivity index (χ3n) is 2.54. The van der Waals surface area contributed by atoms with Crippen molar-refractivity contribution >= 4 is 15.7 Å². The molecule has 1 aliphatic heterocycles. The van der Waals surface area contributed by atoms with E-state index in [0.717, 1.165) is 0 Å². The van der Waals surface area contributed by atoms with Gasteiger partial charge in [0.25, 0.3) is 5.91 Å². The molecule has 0 radical (unpaired) electrons. The molecule has 0 N–H and O–H groups in total. The lowest BCUT2D eigenvalue weighted by Crippen LogP contribution is -2.43. The van der Waals surface area contributed by atoms with E-state index in [1.165, 1.54) is 6.20 Å². The summed E-state index contributed by atoms with van der Waals surface area (Å²) in [5.41, 5.74) is 0.502. The molecular weight excluding hydrogens is 228 g/mol. The van der Waals surface area contributed by atoms with Gasteiger partial charge < -0.3 is 4.90 Å². The number of sulfone groups is 1. The van der Waals surface area contributed by atoms with E-state index in [1.54, 1.807) is 23.2 Å². The maximum Gasteiger partial charge on any atom is 0.255 e. The monoisotopic (exact) mass is 240 g/mol. The van der Waals surface area contributed by atoms with Gasteiger partial charge in [-0.15, -0.1) is 0 Å². The second kappa shape index (κ2) is 4.21. The van der Waals surface area contributed by atoms with E-state index in [-0.39, 0.29) is 30.5 Å². The van der Waals surface area contributed by atoms with Gasteiger partial charge in [-0.1, -0.05) is 0 Å². The van der Waals surface area contributed by atoms with Crippen LogP contribution in [0.15, 0.2) is 24.5 Å². The van der Waals surface area contributed by atoms with Gasteiger partial charge in [0.15, 0.2) is 9.84 Å². The average molecular weight is 240 g/mol. The second-order valence-electron chi connectivity index (χ2n) is 3.69. The molecule has 6 heteroatoms. The lowest BCUT2D eigenvalue weighted by molar-refractivity contribution is 0.0770. The van der Waals surface area contributed by atoms with Gasteiger partial charge in [0.1, 0.15) is 0 Å². The van der Waals surface area contributed by atoms with Gasteiger partial charge in [-0.25, -0.2) is 8.42 Å². The fourth-order valence-electron chi connectivity index (χ4n) is 1.59. The molecule has 0 aliphatic carbocycles. The SMILES string of the molecule is O=C(c1cccnc1)N1CCS(=O)(=O)CC1. The van der Waals surface area contributed by atoms with E-state index >= 15 is 0 Å². The summed E-state index contributed by atoms with van der Waals surface area (Å²) in [5, 5.41) is 0. The van der Waals surface area contributed by atoms with Crippen molar-refractivity contribution in [3.8, 4) is 0 Å². The first kappa shape index (κ1) is 11.1. The number of amides is 1. The van der Waals surface area contributed by atoms with E-state index in [1.807, 2.05) is 0 Å². The lowest BCUT2D eigenvalue weighted by atomic mass is 10.2. The largest absolute Gasteiger partial charge is 0.337 e. The average Bonchev–Trinajstić information content (AvgIpc) is 2.29. The van der Waals surface area contributed by atoms with Crippen LogP contribution in [0.3, 0.4) is 0 Å². The smallest absolute Gasteiger partial charge is 0.255 e. The number of nitrogens with zero attached hydrogens (tertiary/aromatic N) is 2. The molecule has 0 saturated carbocycles. The van der Waals surface area contributed by atoms with Crippen molar-refractivity contribution in [2.45, 2.75) is 0 Å². The summed E-state index contributed by atoms with van der Waals surface area (Å²) in [7, 11) is -2.94. The van der Waals surface area contributed by atoms with Gasteiger partial charge in [0, 0.05) is 25.5 Å². The maximum atomic E-state index is 11.9. The first-order valence-electron chi connectivity index (χ1n) is 4.98. The number of hydrogen-bond acceptors (Lipinski definition) is 4. The number of carbonyl (C=O) groups is 1. The quantitative estimate of drug-likeness (QED) is 0.690. The highest BCUT2D eigenvalue weighted by Crippen LogP contribution is 2.08. The van der Waals surface area contributed by atoms with Crippen molar-refractivity contribution in [2.75, 3.05) is 24.6 Å². The summed E-state index contributed by atoms with van der Waals surface area (Å²) >= 11 is 0. The van der Waals surface area contributed by atoms with Crippen LogP contribution in [0.4, 0.5) is 0 Å². The molecule has 1 aliphatic rings. The normalized spacial score (nSPS) is 19.4. The third-order valence-corrected chi connectivity index (χ3v) is 4.15. The molecule has 0 bridgehead atoms. The summed E-state index contributed by atoms with van der Waals surface area (Å²) < 4.78 is 22.4. The zero-order valence-electron chi connectivity index (χ0n) is 8.67. The summed E-state index contributed by atoms with van der Waals surface area (Å²) in [6, 6.07) is 3.37. The maximum absolute atomic E-state index is 11.9. The van der Waals surface area contributed by atoms with Crippen LogP contribution in [0.2, 0.25) is 0 Å². The van der Waals surface area contributed by atoms with Gasteiger partial charge in [0.05, 0.1) is 17.1 Å². The fourth-order valence-corrected chi connectivity index (χ4v) is 2.79. The number of hydrogen-bond donors (Lipinski definition) is 0. The van der Waals surface area contributed by atoms with Gasteiger partial charge >= 0.3 is 0 Å². The predicted molar refractivity (Wildman–Crippen MR) is 58.8 cm³/mol. The Labute approximate surface area is 94.0 Å². The predicted octanol–water partition coefficient (Wildman–Crippen LogP) is -0.0478. The number of rotatable bonds is 1. The van der Waals surface area contributed by atoms with Crippen molar-refractivity contribution in [1.82, 2.24) is 9.88 Å². The Morgan fingerprint density at radius 3 is 2.56 bits per heavy atom. The minimum atomic E-state index is -2.94. The van der Waals surface area contributed by atoms with Crippen LogP contribution >= 0.6 is 0 Å². The van der Waals surface area contributed by atoms with Gasteiger partial charge in [-0.2, -0.15) is 0 Å². The molecule has 2 heterocycles. The molecule has 16 heavy (non-hydrogen) atoms. The fraction of sp³-hybridized carbons (Fsp3) is 0.400. The molecule has 2 rings (SSSR count). The highest BCUT2D eigenvalue weighted by Gasteiger charge is 2.25. The Balaban J connectivity index is 2.08. The molecule has 0 aromatic carbocycles.